The fourth-order valence-electron chi connectivity index (χ4n) is 0.434. The maximum absolute atomic E-state index is 5.46. The van der Waals surface area contributed by atoms with Gasteiger partial charge in [-0.25, -0.2) is 0 Å². The highest BCUT2D eigenvalue weighted by Crippen LogP contribution is 2.32. The van der Waals surface area contributed by atoms with Crippen molar-refractivity contribution in [3.05, 3.63) is 12.2 Å². The van der Waals surface area contributed by atoms with Crippen LogP contribution in [0.3, 0.4) is 0 Å². The average molecular weight is 291 g/mol. The second kappa shape index (κ2) is 5.38. The molecule has 0 heterocycles. The summed E-state index contributed by atoms with van der Waals surface area (Å²) in [5.74, 6) is 0. The van der Waals surface area contributed by atoms with Crippen molar-refractivity contribution in [1.29, 1.82) is 0 Å². The first-order valence-corrected chi connectivity index (χ1v) is 5.26. The van der Waals surface area contributed by atoms with E-state index in [1.54, 1.807) is 12.2 Å². The molecule has 12 heavy (non-hydrogen) atoms. The third kappa shape index (κ3) is 11.5. The van der Waals surface area contributed by atoms with Crippen LogP contribution in [0.25, 0.3) is 0 Å². The van der Waals surface area contributed by atoms with Crippen molar-refractivity contribution in [3.63, 3.8) is 0 Å². The Labute approximate surface area is 102 Å². The number of rotatable bonds is 2. The van der Waals surface area contributed by atoms with Gasteiger partial charge in [-0.2, -0.15) is 0 Å². The van der Waals surface area contributed by atoms with E-state index >= 15 is 0 Å². The summed E-state index contributed by atoms with van der Waals surface area (Å²) in [4.78, 5) is 0. The normalized spacial score (nSPS) is 14.2. The Morgan fingerprint density at radius 1 is 0.667 bits per heavy atom. The van der Waals surface area contributed by atoms with Crippen LogP contribution >= 0.6 is 69.6 Å². The molecule has 0 aliphatic rings. The summed E-state index contributed by atoms with van der Waals surface area (Å²) in [5.41, 5.74) is 0. The van der Waals surface area contributed by atoms with Gasteiger partial charge < -0.3 is 0 Å². The molecule has 0 fully saturated rings. The molecule has 0 aliphatic carbocycles. The molecule has 0 nitrogen and oxygen atoms in total. The largest absolute Gasteiger partial charge is 0.194 e. The summed E-state index contributed by atoms with van der Waals surface area (Å²) < 4.78 is -2.55. The Kier molecular flexibility index (Phi) is 6.05. The molecule has 0 amide bonds. The average Bonchev–Trinajstić information content (AvgIpc) is 1.76. The lowest BCUT2D eigenvalue weighted by molar-refractivity contribution is 1.02. The molecule has 0 aromatic heterocycles. The molecule has 0 unspecified atom stereocenters. The molecule has 0 saturated heterocycles. The highest BCUT2D eigenvalue weighted by atomic mass is 35.6. The minimum atomic E-state index is -1.27. The van der Waals surface area contributed by atoms with Gasteiger partial charge in [0.15, 0.2) is 7.59 Å². The van der Waals surface area contributed by atoms with Gasteiger partial charge in [-0.15, -0.1) is 0 Å². The zero-order chi connectivity index (χ0) is 9.83. The summed E-state index contributed by atoms with van der Waals surface area (Å²) in [6, 6.07) is 0. The van der Waals surface area contributed by atoms with Crippen molar-refractivity contribution in [2.75, 3.05) is 0 Å². The van der Waals surface area contributed by atoms with Gasteiger partial charge in [-0.3, -0.25) is 0 Å². The maximum atomic E-state index is 5.46. The zero-order valence-electron chi connectivity index (χ0n) is 5.84. The molecule has 6 heteroatoms. The van der Waals surface area contributed by atoms with Crippen LogP contribution in [0.2, 0.25) is 0 Å². The van der Waals surface area contributed by atoms with Crippen molar-refractivity contribution in [2.24, 2.45) is 0 Å². The predicted octanol–water partition coefficient (Wildman–Crippen LogP) is 5.06. The van der Waals surface area contributed by atoms with Gasteiger partial charge in [0.05, 0.1) is 0 Å². The summed E-state index contributed by atoms with van der Waals surface area (Å²) in [7, 11) is 0. The van der Waals surface area contributed by atoms with Crippen LogP contribution in [0.1, 0.15) is 12.8 Å². The smallest absolute Gasteiger partial charge is 0.0841 e. The van der Waals surface area contributed by atoms with Gasteiger partial charge in [-0.05, 0) is 0 Å². The molecule has 0 spiro atoms. The quantitative estimate of drug-likeness (QED) is 0.492. The lowest BCUT2D eigenvalue weighted by Gasteiger charge is -2.07. The zero-order valence-corrected chi connectivity index (χ0v) is 10.4. The fourth-order valence-corrected chi connectivity index (χ4v) is 0.968. The number of allylic oxidation sites excluding steroid dienone is 2. The standard InChI is InChI=1S/C6H6Cl6/c7-5(8,9)3-1-2-4-6(10,11)12/h1-2H,3-4H2. The molecule has 0 aromatic rings. The summed E-state index contributed by atoms with van der Waals surface area (Å²) >= 11 is 32.8. The van der Waals surface area contributed by atoms with Crippen molar-refractivity contribution >= 4 is 69.6 Å². The second-order valence-electron chi connectivity index (χ2n) is 2.11. The molecule has 0 N–H and O–H groups in total. The molecule has 0 rings (SSSR count). The first-order chi connectivity index (χ1) is 5.21. The first-order valence-electron chi connectivity index (χ1n) is 2.99. The minimum Gasteiger partial charge on any atom is -0.0841 e. The Balaban J connectivity index is 3.66. The van der Waals surface area contributed by atoms with E-state index in [0.717, 1.165) is 0 Å². The Morgan fingerprint density at radius 2 is 0.917 bits per heavy atom. The van der Waals surface area contributed by atoms with Crippen LogP contribution in [0.5, 0.6) is 0 Å². The second-order valence-corrected chi connectivity index (χ2v) is 7.14. The van der Waals surface area contributed by atoms with Gasteiger partial charge in [0, 0.05) is 12.8 Å². The molecule has 0 bridgehead atoms. The molecule has 0 aliphatic heterocycles. The van der Waals surface area contributed by atoms with Gasteiger partial charge in [-0.1, -0.05) is 81.8 Å². The Hall–Kier alpha value is 1.48. The van der Waals surface area contributed by atoms with Gasteiger partial charge in [0.25, 0.3) is 0 Å². The first kappa shape index (κ1) is 13.5. The Morgan fingerprint density at radius 3 is 1.08 bits per heavy atom. The molecular weight excluding hydrogens is 285 g/mol. The van der Waals surface area contributed by atoms with Crippen molar-refractivity contribution < 1.29 is 0 Å². The van der Waals surface area contributed by atoms with E-state index in [-0.39, 0.29) is 0 Å². The molecule has 0 saturated carbocycles. The van der Waals surface area contributed by atoms with Crippen molar-refractivity contribution in [3.8, 4) is 0 Å². The topological polar surface area (TPSA) is 0 Å². The SMILES string of the molecule is ClC(Cl)(Cl)CC=CCC(Cl)(Cl)Cl. The maximum Gasteiger partial charge on any atom is 0.194 e. The number of hydrogen-bond donors (Lipinski definition) is 0. The molecule has 0 radical (unpaired) electrons. The van der Waals surface area contributed by atoms with Crippen LogP contribution in [0.15, 0.2) is 12.2 Å². The van der Waals surface area contributed by atoms with E-state index in [1.807, 2.05) is 0 Å². The van der Waals surface area contributed by atoms with Gasteiger partial charge in [0.1, 0.15) is 0 Å². The van der Waals surface area contributed by atoms with Crippen LogP contribution in [0.4, 0.5) is 0 Å². The van der Waals surface area contributed by atoms with Gasteiger partial charge >= 0.3 is 0 Å². The highest BCUT2D eigenvalue weighted by molar-refractivity contribution is 6.68. The number of hydrogen-bond acceptors (Lipinski definition) is 0. The van der Waals surface area contributed by atoms with E-state index in [4.69, 9.17) is 69.6 Å². The molecule has 0 atom stereocenters. The fraction of sp³-hybridized carbons (Fsp3) is 0.667. The van der Waals surface area contributed by atoms with E-state index in [1.165, 1.54) is 0 Å². The highest BCUT2D eigenvalue weighted by Gasteiger charge is 2.18. The van der Waals surface area contributed by atoms with Gasteiger partial charge in [0.2, 0.25) is 0 Å². The summed E-state index contributed by atoms with van der Waals surface area (Å²) in [6.07, 6.45) is 3.93. The van der Waals surface area contributed by atoms with Crippen molar-refractivity contribution in [1.82, 2.24) is 0 Å². The van der Waals surface area contributed by atoms with Crippen LogP contribution < -0.4 is 0 Å². The Bertz CT molecular complexity index is 132. The third-order valence-corrected chi connectivity index (χ3v) is 1.79. The van der Waals surface area contributed by atoms with E-state index in [9.17, 15) is 0 Å². The van der Waals surface area contributed by atoms with E-state index in [2.05, 4.69) is 0 Å². The molecular formula is C6H6Cl6. The number of halogens is 6. The monoisotopic (exact) mass is 288 g/mol. The molecule has 72 valence electrons. The third-order valence-electron chi connectivity index (χ3n) is 0.865. The minimum absolute atomic E-state index is 0.304. The van der Waals surface area contributed by atoms with E-state index < -0.39 is 7.59 Å². The lowest BCUT2D eigenvalue weighted by Crippen LogP contribution is -2.00. The lowest BCUT2D eigenvalue weighted by atomic mass is 10.3. The van der Waals surface area contributed by atoms with E-state index in [0.29, 0.717) is 12.8 Å². The van der Waals surface area contributed by atoms with Crippen LogP contribution in [0, 0.1) is 0 Å². The predicted molar refractivity (Wildman–Crippen MR) is 59.0 cm³/mol. The van der Waals surface area contributed by atoms with Crippen molar-refractivity contribution in [2.45, 2.75) is 20.4 Å². The number of alkyl halides is 6. The summed E-state index contributed by atoms with van der Waals surface area (Å²) in [6.45, 7) is 0. The summed E-state index contributed by atoms with van der Waals surface area (Å²) in [5, 5.41) is 0. The van der Waals surface area contributed by atoms with Crippen LogP contribution in [-0.4, -0.2) is 7.59 Å². The van der Waals surface area contributed by atoms with Crippen LogP contribution in [-0.2, 0) is 0 Å². The molecule has 0 aromatic carbocycles.